The van der Waals surface area contributed by atoms with E-state index in [1.54, 1.807) is 6.07 Å². The molecule has 17 heavy (non-hydrogen) atoms. The van der Waals surface area contributed by atoms with Crippen molar-refractivity contribution in [2.45, 2.75) is 45.6 Å². The second-order valence-electron chi connectivity index (χ2n) is 4.41. The summed E-state index contributed by atoms with van der Waals surface area (Å²) in [6.07, 6.45) is 1.39. The van der Waals surface area contributed by atoms with Gasteiger partial charge in [0.15, 0.2) is 0 Å². The molecule has 2 N–H and O–H groups in total. The summed E-state index contributed by atoms with van der Waals surface area (Å²) >= 11 is 5.92. The number of aromatic nitrogens is 2. The monoisotopic (exact) mass is 257 g/mol. The molecule has 96 valence electrons. The van der Waals surface area contributed by atoms with Crippen molar-refractivity contribution < 1.29 is 5.11 Å². The molecule has 0 saturated carbocycles. The van der Waals surface area contributed by atoms with Crippen LogP contribution in [0.15, 0.2) is 6.07 Å². The summed E-state index contributed by atoms with van der Waals surface area (Å²) in [6, 6.07) is 1.67. The molecule has 0 amide bonds. The van der Waals surface area contributed by atoms with Gasteiger partial charge in [-0.15, -0.1) is 0 Å². The minimum Gasteiger partial charge on any atom is -0.391 e. The van der Waals surface area contributed by atoms with Gasteiger partial charge < -0.3 is 10.4 Å². The predicted octanol–water partition coefficient (Wildman–Crippen LogP) is 2.83. The number of nitrogens with one attached hydrogen (secondary N) is 1. The van der Waals surface area contributed by atoms with E-state index in [2.05, 4.69) is 15.3 Å². The summed E-state index contributed by atoms with van der Waals surface area (Å²) < 4.78 is 0. The van der Waals surface area contributed by atoms with Crippen molar-refractivity contribution in [2.75, 3.05) is 11.9 Å². The fraction of sp³-hybridized carbons (Fsp3) is 0.667. The van der Waals surface area contributed by atoms with Crippen molar-refractivity contribution in [1.82, 2.24) is 9.97 Å². The average molecular weight is 258 g/mol. The second-order valence-corrected chi connectivity index (χ2v) is 4.80. The molecule has 5 heteroatoms. The van der Waals surface area contributed by atoms with E-state index in [0.29, 0.717) is 23.3 Å². The minimum atomic E-state index is -0.351. The van der Waals surface area contributed by atoms with Gasteiger partial charge in [0.2, 0.25) is 0 Å². The van der Waals surface area contributed by atoms with Gasteiger partial charge in [-0.05, 0) is 6.42 Å². The largest absolute Gasteiger partial charge is 0.391 e. The van der Waals surface area contributed by atoms with E-state index in [1.807, 2.05) is 20.8 Å². The highest BCUT2D eigenvalue weighted by Crippen LogP contribution is 2.17. The molecule has 1 heterocycles. The van der Waals surface area contributed by atoms with Crippen molar-refractivity contribution in [3.05, 3.63) is 17.0 Å². The van der Waals surface area contributed by atoms with E-state index in [-0.39, 0.29) is 12.0 Å². The maximum absolute atomic E-state index is 9.62. The van der Waals surface area contributed by atoms with Gasteiger partial charge in [-0.2, -0.15) is 0 Å². The molecule has 0 spiro atoms. The van der Waals surface area contributed by atoms with Crippen molar-refractivity contribution in [2.24, 2.45) is 0 Å². The lowest BCUT2D eigenvalue weighted by atomic mass is 10.2. The number of hydrogen-bond acceptors (Lipinski definition) is 4. The van der Waals surface area contributed by atoms with Gasteiger partial charge in [-0.3, -0.25) is 0 Å². The number of nitrogens with zero attached hydrogens (tertiary/aromatic N) is 2. The molecule has 4 nitrogen and oxygen atoms in total. The topological polar surface area (TPSA) is 58.0 Å². The van der Waals surface area contributed by atoms with Crippen LogP contribution in [-0.2, 0) is 0 Å². The molecule has 0 bridgehead atoms. The Labute approximate surface area is 107 Å². The first kappa shape index (κ1) is 14.2. The van der Waals surface area contributed by atoms with Gasteiger partial charge >= 0.3 is 0 Å². The molecule has 1 unspecified atom stereocenters. The number of aliphatic hydroxyl groups excluding tert-OH is 1. The number of rotatable bonds is 6. The number of anilines is 1. The Bertz CT molecular complexity index is 358. The lowest BCUT2D eigenvalue weighted by Crippen LogP contribution is -2.20. The van der Waals surface area contributed by atoms with Crippen LogP contribution in [-0.4, -0.2) is 27.7 Å². The highest BCUT2D eigenvalue weighted by atomic mass is 35.5. The molecular formula is C12H20ClN3O. The Morgan fingerprint density at radius 1 is 1.41 bits per heavy atom. The number of aliphatic hydroxyl groups is 1. The molecule has 0 aliphatic heterocycles. The summed E-state index contributed by atoms with van der Waals surface area (Å²) in [5.74, 6) is 1.61. The van der Waals surface area contributed by atoms with E-state index in [0.717, 1.165) is 12.8 Å². The zero-order valence-electron chi connectivity index (χ0n) is 10.6. The second kappa shape index (κ2) is 6.77. The molecule has 0 aliphatic rings. The number of hydrogen-bond donors (Lipinski definition) is 2. The molecule has 0 fully saturated rings. The third-order valence-corrected chi connectivity index (χ3v) is 2.56. The van der Waals surface area contributed by atoms with Crippen LogP contribution in [0.3, 0.4) is 0 Å². The van der Waals surface area contributed by atoms with E-state index in [4.69, 9.17) is 11.6 Å². The van der Waals surface area contributed by atoms with Gasteiger partial charge in [-0.1, -0.05) is 38.8 Å². The molecule has 1 rings (SSSR count). The number of halogens is 1. The van der Waals surface area contributed by atoms with Crippen LogP contribution >= 0.6 is 11.6 Å². The Balaban J connectivity index is 2.64. The van der Waals surface area contributed by atoms with Crippen molar-refractivity contribution in [3.8, 4) is 0 Å². The highest BCUT2D eigenvalue weighted by Gasteiger charge is 2.08. The maximum Gasteiger partial charge on any atom is 0.135 e. The fourth-order valence-electron chi connectivity index (χ4n) is 1.44. The summed E-state index contributed by atoms with van der Waals surface area (Å²) in [6.45, 7) is 6.56. The fourth-order valence-corrected chi connectivity index (χ4v) is 1.63. The molecule has 0 aliphatic carbocycles. The quantitative estimate of drug-likeness (QED) is 0.770. The Kier molecular flexibility index (Phi) is 5.65. The Hall–Kier alpha value is -0.870. The van der Waals surface area contributed by atoms with Crippen LogP contribution in [0.5, 0.6) is 0 Å². The van der Waals surface area contributed by atoms with E-state index in [1.165, 1.54) is 0 Å². The average Bonchev–Trinajstić information content (AvgIpc) is 2.26. The minimum absolute atomic E-state index is 0.231. The third kappa shape index (κ3) is 4.88. The van der Waals surface area contributed by atoms with Gasteiger partial charge in [0.1, 0.15) is 16.8 Å². The first-order valence-electron chi connectivity index (χ1n) is 5.99. The van der Waals surface area contributed by atoms with Crippen LogP contribution < -0.4 is 5.32 Å². The standard InChI is InChI=1S/C12H20ClN3O/c1-4-5-9(17)7-14-11-6-10(13)15-12(16-11)8(2)3/h6,8-9,17H,4-5,7H2,1-3H3,(H,14,15,16). The van der Waals surface area contributed by atoms with Crippen LogP contribution in [0.4, 0.5) is 5.82 Å². The lowest BCUT2D eigenvalue weighted by molar-refractivity contribution is 0.176. The van der Waals surface area contributed by atoms with Crippen LogP contribution in [0.25, 0.3) is 0 Å². The SMILES string of the molecule is CCCC(O)CNc1cc(Cl)nc(C(C)C)n1. The first-order chi connectivity index (χ1) is 8.02. The molecule has 0 radical (unpaired) electrons. The van der Waals surface area contributed by atoms with Crippen molar-refractivity contribution in [3.63, 3.8) is 0 Å². The van der Waals surface area contributed by atoms with E-state index >= 15 is 0 Å². The summed E-state index contributed by atoms with van der Waals surface area (Å²) in [7, 11) is 0. The predicted molar refractivity (Wildman–Crippen MR) is 70.5 cm³/mol. The normalized spacial score (nSPS) is 12.8. The molecule has 1 aromatic heterocycles. The van der Waals surface area contributed by atoms with Gasteiger partial charge in [0.05, 0.1) is 6.10 Å². The molecule has 1 atom stereocenters. The van der Waals surface area contributed by atoms with E-state index < -0.39 is 0 Å². The first-order valence-corrected chi connectivity index (χ1v) is 6.37. The van der Waals surface area contributed by atoms with E-state index in [9.17, 15) is 5.11 Å². The zero-order valence-corrected chi connectivity index (χ0v) is 11.3. The summed E-state index contributed by atoms with van der Waals surface area (Å²) in [4.78, 5) is 8.50. The van der Waals surface area contributed by atoms with Gasteiger partial charge in [0.25, 0.3) is 0 Å². The van der Waals surface area contributed by atoms with Gasteiger partial charge in [0, 0.05) is 18.5 Å². The highest BCUT2D eigenvalue weighted by molar-refractivity contribution is 6.29. The maximum atomic E-state index is 9.62. The van der Waals surface area contributed by atoms with Crippen LogP contribution in [0.2, 0.25) is 5.15 Å². The third-order valence-electron chi connectivity index (χ3n) is 2.37. The Morgan fingerprint density at radius 2 is 2.12 bits per heavy atom. The summed E-state index contributed by atoms with van der Waals surface area (Å²) in [5.41, 5.74) is 0. The van der Waals surface area contributed by atoms with Crippen LogP contribution in [0, 0.1) is 0 Å². The summed E-state index contributed by atoms with van der Waals surface area (Å²) in [5, 5.41) is 13.1. The van der Waals surface area contributed by atoms with Crippen LogP contribution in [0.1, 0.15) is 45.4 Å². The Morgan fingerprint density at radius 3 is 2.71 bits per heavy atom. The molecule has 0 aromatic carbocycles. The van der Waals surface area contributed by atoms with Crippen molar-refractivity contribution >= 4 is 17.4 Å². The van der Waals surface area contributed by atoms with Gasteiger partial charge in [-0.25, -0.2) is 9.97 Å². The lowest BCUT2D eigenvalue weighted by Gasteiger charge is -2.12. The zero-order chi connectivity index (χ0) is 12.8. The molecule has 1 aromatic rings. The molecular weight excluding hydrogens is 238 g/mol. The molecule has 0 saturated heterocycles. The van der Waals surface area contributed by atoms with Crippen molar-refractivity contribution in [1.29, 1.82) is 0 Å². The smallest absolute Gasteiger partial charge is 0.135 e.